The number of hydrogen-bond acceptors (Lipinski definition) is 6. The second-order valence-corrected chi connectivity index (χ2v) is 11.8. The molecule has 3 N–H and O–H groups in total. The Morgan fingerprint density at radius 1 is 1.18 bits per heavy atom. The Morgan fingerprint density at radius 2 is 1.92 bits per heavy atom. The summed E-state index contributed by atoms with van der Waals surface area (Å²) < 4.78 is 5.44. The minimum absolute atomic E-state index is 0.0777. The molecule has 1 fully saturated rings. The molecular formula is C29H46N4O5. The Labute approximate surface area is 227 Å². The van der Waals surface area contributed by atoms with Crippen LogP contribution in [0.2, 0.25) is 0 Å². The molecule has 3 atom stereocenters. The monoisotopic (exact) mass is 530 g/mol. The Hall–Kier alpha value is -2.84. The van der Waals surface area contributed by atoms with Gasteiger partial charge in [-0.25, -0.2) is 14.6 Å². The summed E-state index contributed by atoms with van der Waals surface area (Å²) in [6, 6.07) is 3.44. The van der Waals surface area contributed by atoms with E-state index >= 15 is 0 Å². The number of likely N-dealkylation sites (tertiary alicyclic amines) is 1. The van der Waals surface area contributed by atoms with E-state index in [1.807, 2.05) is 27.7 Å². The van der Waals surface area contributed by atoms with Crippen LogP contribution in [0.25, 0.3) is 0 Å². The average molecular weight is 531 g/mol. The predicted octanol–water partition coefficient (Wildman–Crippen LogP) is 4.79. The van der Waals surface area contributed by atoms with Crippen molar-refractivity contribution in [2.75, 3.05) is 25.0 Å². The molecule has 0 aliphatic carbocycles. The SMILES string of the molecule is C[C@H]1CN(C(=O)OC(C)(C)C)CC[C@H]1C(=O)N[C@@H](CCCCCCCc1ccc2c(n1)NCCC2)C(=O)O. The van der Waals surface area contributed by atoms with Gasteiger partial charge in [-0.1, -0.05) is 38.7 Å². The number of piperidine rings is 1. The van der Waals surface area contributed by atoms with E-state index in [1.54, 1.807) is 4.90 Å². The van der Waals surface area contributed by atoms with E-state index in [2.05, 4.69) is 22.8 Å². The van der Waals surface area contributed by atoms with Crippen LogP contribution in [0, 0.1) is 11.8 Å². The molecule has 212 valence electrons. The maximum Gasteiger partial charge on any atom is 0.410 e. The van der Waals surface area contributed by atoms with Gasteiger partial charge >= 0.3 is 12.1 Å². The Morgan fingerprint density at radius 3 is 2.63 bits per heavy atom. The molecule has 3 heterocycles. The number of aliphatic carboxylic acids is 1. The van der Waals surface area contributed by atoms with E-state index in [0.717, 1.165) is 69.4 Å². The van der Waals surface area contributed by atoms with Gasteiger partial charge in [-0.2, -0.15) is 0 Å². The van der Waals surface area contributed by atoms with Crippen LogP contribution in [0.4, 0.5) is 10.6 Å². The van der Waals surface area contributed by atoms with Crippen LogP contribution in [0.3, 0.4) is 0 Å². The second kappa shape index (κ2) is 13.8. The van der Waals surface area contributed by atoms with Crippen molar-refractivity contribution >= 4 is 23.8 Å². The molecule has 9 nitrogen and oxygen atoms in total. The molecule has 0 aromatic carbocycles. The number of ether oxygens (including phenoxy) is 1. The summed E-state index contributed by atoms with van der Waals surface area (Å²) in [5.41, 5.74) is 1.86. The first kappa shape index (κ1) is 29.7. The molecule has 9 heteroatoms. The summed E-state index contributed by atoms with van der Waals surface area (Å²) in [7, 11) is 0. The fraction of sp³-hybridized carbons (Fsp3) is 0.724. The normalized spacial score (nSPS) is 20.2. The van der Waals surface area contributed by atoms with Gasteiger partial charge in [0.25, 0.3) is 0 Å². The highest BCUT2D eigenvalue weighted by atomic mass is 16.6. The number of nitrogens with one attached hydrogen (secondary N) is 2. The number of pyridine rings is 1. The third-order valence-electron chi connectivity index (χ3n) is 7.39. The lowest BCUT2D eigenvalue weighted by Crippen LogP contribution is -2.51. The number of aryl methyl sites for hydroxylation is 2. The lowest BCUT2D eigenvalue weighted by atomic mass is 9.86. The minimum Gasteiger partial charge on any atom is -0.480 e. The van der Waals surface area contributed by atoms with E-state index in [0.29, 0.717) is 25.9 Å². The van der Waals surface area contributed by atoms with Gasteiger partial charge in [-0.05, 0) is 76.8 Å². The van der Waals surface area contributed by atoms with Crippen molar-refractivity contribution in [2.24, 2.45) is 11.8 Å². The van der Waals surface area contributed by atoms with Crippen molar-refractivity contribution in [3.05, 3.63) is 23.4 Å². The van der Waals surface area contributed by atoms with Crippen molar-refractivity contribution < 1.29 is 24.2 Å². The number of carbonyl (C=O) groups is 3. The first-order valence-electron chi connectivity index (χ1n) is 14.3. The summed E-state index contributed by atoms with van der Waals surface area (Å²) in [4.78, 5) is 43.4. The van der Waals surface area contributed by atoms with Crippen LogP contribution in [-0.2, 0) is 27.2 Å². The van der Waals surface area contributed by atoms with E-state index in [9.17, 15) is 19.5 Å². The maximum atomic E-state index is 12.9. The van der Waals surface area contributed by atoms with E-state index in [-0.39, 0.29) is 23.8 Å². The lowest BCUT2D eigenvalue weighted by molar-refractivity contribution is -0.143. The van der Waals surface area contributed by atoms with Gasteiger partial charge in [0.2, 0.25) is 5.91 Å². The highest BCUT2D eigenvalue weighted by Gasteiger charge is 2.36. The number of carboxylic acids is 1. The van der Waals surface area contributed by atoms with Gasteiger partial charge in [-0.3, -0.25) is 4.79 Å². The molecule has 1 saturated heterocycles. The number of rotatable bonds is 11. The number of unbranched alkanes of at least 4 members (excludes halogenated alkanes) is 4. The average Bonchev–Trinajstić information content (AvgIpc) is 2.86. The van der Waals surface area contributed by atoms with Crippen molar-refractivity contribution in [3.63, 3.8) is 0 Å². The summed E-state index contributed by atoms with van der Waals surface area (Å²) in [5, 5.41) is 15.8. The minimum atomic E-state index is -0.996. The molecule has 2 amide bonds. The molecule has 1 aromatic heterocycles. The highest BCUT2D eigenvalue weighted by Crippen LogP contribution is 2.26. The molecule has 0 unspecified atom stereocenters. The van der Waals surface area contributed by atoms with Crippen molar-refractivity contribution in [2.45, 2.75) is 104 Å². The molecule has 1 aromatic rings. The molecule has 0 radical (unpaired) electrons. The summed E-state index contributed by atoms with van der Waals surface area (Å²) >= 11 is 0. The van der Waals surface area contributed by atoms with Gasteiger partial charge in [0.1, 0.15) is 17.5 Å². The molecule has 0 saturated carbocycles. The van der Waals surface area contributed by atoms with Crippen molar-refractivity contribution in [1.29, 1.82) is 0 Å². The van der Waals surface area contributed by atoms with Crippen LogP contribution >= 0.6 is 0 Å². The Balaban J connectivity index is 1.33. The number of nitrogens with zero attached hydrogens (tertiary/aromatic N) is 2. The molecule has 0 bridgehead atoms. The summed E-state index contributed by atoms with van der Waals surface area (Å²) in [6.45, 7) is 9.24. The lowest BCUT2D eigenvalue weighted by Gasteiger charge is -2.37. The number of fused-ring (bicyclic) bond motifs is 1. The summed E-state index contributed by atoms with van der Waals surface area (Å²) in [5.74, 6) is -0.586. The zero-order valence-electron chi connectivity index (χ0n) is 23.6. The van der Waals surface area contributed by atoms with E-state index in [4.69, 9.17) is 9.72 Å². The Bertz CT molecular complexity index is 961. The second-order valence-electron chi connectivity index (χ2n) is 11.8. The van der Waals surface area contributed by atoms with Crippen LogP contribution < -0.4 is 10.6 Å². The van der Waals surface area contributed by atoms with Crippen molar-refractivity contribution in [3.8, 4) is 0 Å². The smallest absolute Gasteiger partial charge is 0.410 e. The van der Waals surface area contributed by atoms with Crippen LogP contribution in [-0.4, -0.2) is 64.2 Å². The maximum absolute atomic E-state index is 12.9. The standard InChI is InChI=1S/C29H46N4O5/c1-20-19-33(28(37)38-29(2,3)4)18-16-23(20)26(34)32-24(27(35)36)13-9-7-5-6-8-12-22-15-14-21-11-10-17-30-25(21)31-22/h14-15,20,23-24H,5-13,16-19H2,1-4H3,(H,30,31)(H,32,34)(H,35,36)/t20-,23+,24-/m0/s1. The number of anilines is 1. The first-order valence-corrected chi connectivity index (χ1v) is 14.3. The first-order chi connectivity index (χ1) is 18.0. The van der Waals surface area contributed by atoms with Gasteiger partial charge < -0.3 is 25.4 Å². The van der Waals surface area contributed by atoms with Crippen molar-refractivity contribution in [1.82, 2.24) is 15.2 Å². The largest absolute Gasteiger partial charge is 0.480 e. The predicted molar refractivity (Wildman–Crippen MR) is 147 cm³/mol. The van der Waals surface area contributed by atoms with Crippen LogP contribution in [0.1, 0.15) is 90.3 Å². The number of amides is 2. The topological polar surface area (TPSA) is 121 Å². The van der Waals surface area contributed by atoms with Gasteiger partial charge in [-0.15, -0.1) is 0 Å². The molecule has 0 spiro atoms. The zero-order chi connectivity index (χ0) is 27.7. The van der Waals surface area contributed by atoms with Gasteiger partial charge in [0.15, 0.2) is 0 Å². The molecule has 3 rings (SSSR count). The summed E-state index contributed by atoms with van der Waals surface area (Å²) in [6.07, 6.45) is 8.61. The van der Waals surface area contributed by atoms with E-state index in [1.165, 1.54) is 5.56 Å². The number of aromatic nitrogens is 1. The fourth-order valence-corrected chi connectivity index (χ4v) is 5.26. The molecule has 38 heavy (non-hydrogen) atoms. The van der Waals surface area contributed by atoms with Crippen LogP contribution in [0.15, 0.2) is 12.1 Å². The Kier molecular flexibility index (Phi) is 10.8. The zero-order valence-corrected chi connectivity index (χ0v) is 23.6. The molecular weight excluding hydrogens is 484 g/mol. The highest BCUT2D eigenvalue weighted by molar-refractivity contribution is 5.85. The number of carboxylic acid groups (broad SMARTS) is 1. The van der Waals surface area contributed by atoms with Crippen LogP contribution in [0.5, 0.6) is 0 Å². The number of hydrogen-bond donors (Lipinski definition) is 3. The van der Waals surface area contributed by atoms with Gasteiger partial charge in [0, 0.05) is 31.2 Å². The quantitative estimate of drug-likeness (QED) is 0.352. The third-order valence-corrected chi connectivity index (χ3v) is 7.39. The van der Waals surface area contributed by atoms with E-state index < -0.39 is 17.6 Å². The number of carbonyl (C=O) groups excluding carboxylic acids is 2. The van der Waals surface area contributed by atoms with Gasteiger partial charge in [0.05, 0.1) is 0 Å². The fourth-order valence-electron chi connectivity index (χ4n) is 5.26. The molecule has 2 aliphatic rings. The molecule has 2 aliphatic heterocycles. The third kappa shape index (κ3) is 9.17.